The molecule has 1 heterocycles. The number of hydrogen-bond acceptors (Lipinski definition) is 4. The van der Waals surface area contributed by atoms with E-state index in [0.717, 1.165) is 10.4 Å². The van der Waals surface area contributed by atoms with Crippen molar-refractivity contribution in [1.82, 2.24) is 10.6 Å². The van der Waals surface area contributed by atoms with Crippen molar-refractivity contribution in [1.29, 1.82) is 0 Å². The third-order valence-electron chi connectivity index (χ3n) is 2.90. The molecular weight excluding hydrogens is 324 g/mol. The van der Waals surface area contributed by atoms with Crippen LogP contribution in [0.15, 0.2) is 41.8 Å². The second-order valence-electron chi connectivity index (χ2n) is 4.55. The van der Waals surface area contributed by atoms with Crippen LogP contribution in [0.25, 0.3) is 0 Å². The maximum atomic E-state index is 11.7. The van der Waals surface area contributed by atoms with E-state index in [1.807, 2.05) is 11.4 Å². The first-order valence-electron chi connectivity index (χ1n) is 6.58. The molecule has 5 nitrogen and oxygen atoms in total. The maximum absolute atomic E-state index is 11.7. The van der Waals surface area contributed by atoms with E-state index in [1.54, 1.807) is 30.3 Å². The maximum Gasteiger partial charge on any atom is 0.309 e. The first kappa shape index (κ1) is 16.5. The van der Waals surface area contributed by atoms with E-state index in [1.165, 1.54) is 11.3 Å². The number of aliphatic hydroxyl groups is 1. The second kappa shape index (κ2) is 7.93. The number of thiophene rings is 1. The molecule has 0 saturated carbocycles. The lowest BCUT2D eigenvalue weighted by atomic mass is 10.2. The Morgan fingerprint density at radius 3 is 2.45 bits per heavy atom. The summed E-state index contributed by atoms with van der Waals surface area (Å²) in [4.78, 5) is 24.0. The molecule has 0 bridgehead atoms. The van der Waals surface area contributed by atoms with Gasteiger partial charge in [-0.25, -0.2) is 0 Å². The standard InChI is InChI=1S/C15H15ClN2O3S/c16-11-5-3-10(4-6-11)8-17-14(20)15(21)18-9-12(19)13-2-1-7-22-13/h1-7,12,19H,8-9H2,(H,17,20)(H,18,21)/t12-/m1/s1. The van der Waals surface area contributed by atoms with Gasteiger partial charge in [0, 0.05) is 23.0 Å². The monoisotopic (exact) mass is 338 g/mol. The van der Waals surface area contributed by atoms with Gasteiger partial charge in [0.1, 0.15) is 6.10 Å². The summed E-state index contributed by atoms with van der Waals surface area (Å²) < 4.78 is 0. The highest BCUT2D eigenvalue weighted by molar-refractivity contribution is 7.10. The summed E-state index contributed by atoms with van der Waals surface area (Å²) in [6.07, 6.45) is -0.812. The zero-order valence-corrected chi connectivity index (χ0v) is 13.2. The molecule has 0 radical (unpaired) electrons. The van der Waals surface area contributed by atoms with E-state index >= 15 is 0 Å². The number of hydrogen-bond donors (Lipinski definition) is 3. The summed E-state index contributed by atoms with van der Waals surface area (Å²) in [7, 11) is 0. The lowest BCUT2D eigenvalue weighted by molar-refractivity contribution is -0.139. The normalized spacial score (nSPS) is 11.7. The summed E-state index contributed by atoms with van der Waals surface area (Å²) in [5, 5.41) is 17.2. The number of rotatable bonds is 5. The van der Waals surface area contributed by atoms with Crippen molar-refractivity contribution >= 4 is 34.8 Å². The van der Waals surface area contributed by atoms with E-state index in [4.69, 9.17) is 11.6 Å². The average molecular weight is 339 g/mol. The Morgan fingerprint density at radius 2 is 1.82 bits per heavy atom. The third-order valence-corrected chi connectivity index (χ3v) is 4.13. The molecule has 0 unspecified atom stereocenters. The number of carbonyl (C=O) groups is 2. The van der Waals surface area contributed by atoms with Gasteiger partial charge in [0.2, 0.25) is 0 Å². The van der Waals surface area contributed by atoms with Crippen molar-refractivity contribution < 1.29 is 14.7 Å². The lowest BCUT2D eigenvalue weighted by Crippen LogP contribution is -2.41. The molecule has 1 atom stereocenters. The molecule has 2 aromatic rings. The molecule has 0 saturated heterocycles. The van der Waals surface area contributed by atoms with Gasteiger partial charge in [0.15, 0.2) is 0 Å². The van der Waals surface area contributed by atoms with Gasteiger partial charge in [-0.15, -0.1) is 11.3 Å². The highest BCUT2D eigenvalue weighted by Gasteiger charge is 2.15. The van der Waals surface area contributed by atoms with Crippen molar-refractivity contribution in [2.24, 2.45) is 0 Å². The van der Waals surface area contributed by atoms with E-state index in [0.29, 0.717) is 5.02 Å². The quantitative estimate of drug-likeness (QED) is 0.728. The zero-order chi connectivity index (χ0) is 15.9. The number of carbonyl (C=O) groups excluding carboxylic acids is 2. The smallest absolute Gasteiger partial charge is 0.309 e. The average Bonchev–Trinajstić information content (AvgIpc) is 3.06. The molecule has 7 heteroatoms. The van der Waals surface area contributed by atoms with Crippen LogP contribution in [0.5, 0.6) is 0 Å². The summed E-state index contributed by atoms with van der Waals surface area (Å²) in [5.74, 6) is -1.52. The number of nitrogens with one attached hydrogen (secondary N) is 2. The van der Waals surface area contributed by atoms with Gasteiger partial charge in [-0.2, -0.15) is 0 Å². The first-order valence-corrected chi connectivity index (χ1v) is 7.84. The van der Waals surface area contributed by atoms with E-state index < -0.39 is 17.9 Å². The minimum absolute atomic E-state index is 0.00624. The Hall–Kier alpha value is -1.89. The van der Waals surface area contributed by atoms with Crippen LogP contribution in [0.1, 0.15) is 16.5 Å². The van der Waals surface area contributed by atoms with E-state index in [9.17, 15) is 14.7 Å². The predicted octanol–water partition coefficient (Wildman–Crippen LogP) is 1.87. The summed E-state index contributed by atoms with van der Waals surface area (Å²) in [5.41, 5.74) is 0.837. The van der Waals surface area contributed by atoms with Gasteiger partial charge >= 0.3 is 11.8 Å². The highest BCUT2D eigenvalue weighted by Crippen LogP contribution is 2.17. The molecule has 0 aliphatic carbocycles. The zero-order valence-electron chi connectivity index (χ0n) is 11.6. The van der Waals surface area contributed by atoms with E-state index in [2.05, 4.69) is 10.6 Å². The molecule has 1 aromatic heterocycles. The molecule has 22 heavy (non-hydrogen) atoms. The molecule has 0 aliphatic heterocycles. The third kappa shape index (κ3) is 4.84. The van der Waals surface area contributed by atoms with Crippen molar-refractivity contribution in [3.63, 3.8) is 0 Å². The van der Waals surface area contributed by atoms with Gasteiger partial charge in [-0.3, -0.25) is 9.59 Å². The number of halogens is 1. The number of amides is 2. The van der Waals surface area contributed by atoms with Crippen LogP contribution < -0.4 is 10.6 Å². The second-order valence-corrected chi connectivity index (χ2v) is 5.97. The van der Waals surface area contributed by atoms with Crippen molar-refractivity contribution in [3.8, 4) is 0 Å². The number of aliphatic hydroxyl groups excluding tert-OH is 1. The van der Waals surface area contributed by atoms with Crippen molar-refractivity contribution in [2.75, 3.05) is 6.54 Å². The van der Waals surface area contributed by atoms with Crippen LogP contribution in [0.4, 0.5) is 0 Å². The minimum atomic E-state index is -0.812. The Morgan fingerprint density at radius 1 is 1.14 bits per heavy atom. The summed E-state index contributed by atoms with van der Waals surface area (Å²) in [6.45, 7) is 0.227. The molecule has 0 fully saturated rings. The Kier molecular flexibility index (Phi) is 5.94. The van der Waals surface area contributed by atoms with Crippen LogP contribution in [-0.4, -0.2) is 23.5 Å². The SMILES string of the molecule is O=C(NCc1ccc(Cl)cc1)C(=O)NC[C@@H](O)c1cccs1. The van der Waals surface area contributed by atoms with Gasteiger partial charge in [0.25, 0.3) is 0 Å². The molecular formula is C15H15ClN2O3S. The van der Waals surface area contributed by atoms with Crippen molar-refractivity contribution in [2.45, 2.75) is 12.6 Å². The number of benzene rings is 1. The molecule has 0 spiro atoms. The van der Waals surface area contributed by atoms with E-state index in [-0.39, 0.29) is 13.1 Å². The molecule has 2 amide bonds. The van der Waals surface area contributed by atoms with Crippen LogP contribution in [0.3, 0.4) is 0 Å². The first-order chi connectivity index (χ1) is 10.6. The van der Waals surface area contributed by atoms with Gasteiger partial charge in [-0.1, -0.05) is 29.8 Å². The van der Waals surface area contributed by atoms with Crippen LogP contribution in [0.2, 0.25) is 5.02 Å². The molecule has 3 N–H and O–H groups in total. The molecule has 116 valence electrons. The fourth-order valence-corrected chi connectivity index (χ4v) is 2.55. The topological polar surface area (TPSA) is 78.4 Å². The summed E-state index contributed by atoms with van der Waals surface area (Å²) in [6, 6.07) is 10.5. The lowest BCUT2D eigenvalue weighted by Gasteiger charge is -2.10. The summed E-state index contributed by atoms with van der Waals surface area (Å²) >= 11 is 7.15. The fraction of sp³-hybridized carbons (Fsp3) is 0.200. The van der Waals surface area contributed by atoms with Crippen LogP contribution in [-0.2, 0) is 16.1 Å². The highest BCUT2D eigenvalue weighted by atomic mass is 35.5. The Bertz CT molecular complexity index is 629. The molecule has 2 rings (SSSR count). The predicted molar refractivity (Wildman–Crippen MR) is 85.6 cm³/mol. The Balaban J connectivity index is 1.75. The van der Waals surface area contributed by atoms with Crippen LogP contribution >= 0.6 is 22.9 Å². The van der Waals surface area contributed by atoms with Crippen molar-refractivity contribution in [3.05, 3.63) is 57.2 Å². The minimum Gasteiger partial charge on any atom is -0.386 e. The molecule has 0 aliphatic rings. The van der Waals surface area contributed by atoms with Gasteiger partial charge < -0.3 is 15.7 Å². The Labute approximate surface area is 136 Å². The van der Waals surface area contributed by atoms with Gasteiger partial charge in [-0.05, 0) is 29.1 Å². The molecule has 1 aromatic carbocycles. The van der Waals surface area contributed by atoms with Crippen LogP contribution in [0, 0.1) is 0 Å². The largest absolute Gasteiger partial charge is 0.386 e. The fourth-order valence-electron chi connectivity index (χ4n) is 1.72. The van der Waals surface area contributed by atoms with Gasteiger partial charge in [0.05, 0.1) is 0 Å².